The van der Waals surface area contributed by atoms with Crippen molar-refractivity contribution in [2.24, 2.45) is 0 Å². The zero-order chi connectivity index (χ0) is 42.1. The Labute approximate surface area is 319 Å². The number of hydrogen-bond acceptors (Lipinski definition) is 2. The second-order valence-corrected chi connectivity index (χ2v) is 12.8. The molecular formula is C50H33N3. The molecule has 0 aliphatic carbocycles. The van der Waals surface area contributed by atoms with Crippen molar-refractivity contribution in [3.63, 3.8) is 0 Å². The molecule has 3 heteroatoms. The van der Waals surface area contributed by atoms with Crippen molar-refractivity contribution < 1.29 is 11.0 Å². The Morgan fingerprint density at radius 3 is 1.53 bits per heavy atom. The number of rotatable bonds is 6. The largest absolute Gasteiger partial charge is 0.309 e. The Kier molecular flexibility index (Phi) is 5.69. The van der Waals surface area contributed by atoms with Crippen LogP contribution in [0.15, 0.2) is 200 Å². The minimum Gasteiger partial charge on any atom is -0.309 e. The summed E-state index contributed by atoms with van der Waals surface area (Å²) in [6.07, 6.45) is 0. The summed E-state index contributed by atoms with van der Waals surface area (Å²) in [6.45, 7) is 0. The molecule has 10 rings (SSSR count). The van der Waals surface area contributed by atoms with E-state index in [1.165, 1.54) is 4.57 Å². The van der Waals surface area contributed by atoms with Crippen LogP contribution in [0.1, 0.15) is 11.0 Å². The Hall–Kier alpha value is -7.10. The number of benzene rings is 8. The lowest BCUT2D eigenvalue weighted by atomic mass is 9.93. The summed E-state index contributed by atoms with van der Waals surface area (Å²) in [5, 5.41) is 2.07. The molecule has 0 atom stereocenters. The molecule has 0 bridgehead atoms. The van der Waals surface area contributed by atoms with E-state index in [1.807, 2.05) is 91.0 Å². The van der Waals surface area contributed by atoms with E-state index >= 15 is 0 Å². The standard InChI is InChI=1S/C50H33N3/c1-3-13-34(14-4-1)35-23-25-37(26-24-35)46-33-47(52-50(51-46)38-15-5-2-6-16-38)43-32-31-40(41-17-7-8-18-42(41)43)36-27-29-39(30-28-36)53-48-21-11-9-19-44(48)45-20-10-12-22-49(45)53/h1-33H/i9D,10D,11D,12D,19D,20D,21D,22D. The molecule has 0 amide bonds. The number of aromatic nitrogens is 3. The topological polar surface area (TPSA) is 30.7 Å². The average Bonchev–Trinajstić information content (AvgIpc) is 3.68. The first-order valence-electron chi connectivity index (χ1n) is 21.3. The Morgan fingerprint density at radius 1 is 0.377 bits per heavy atom. The summed E-state index contributed by atoms with van der Waals surface area (Å²) >= 11 is 0. The lowest BCUT2D eigenvalue weighted by Gasteiger charge is -2.15. The van der Waals surface area contributed by atoms with Crippen LogP contribution in [0.3, 0.4) is 0 Å². The van der Waals surface area contributed by atoms with Crippen molar-refractivity contribution >= 4 is 32.6 Å². The van der Waals surface area contributed by atoms with Crippen LogP contribution >= 0.6 is 0 Å². The molecule has 2 heterocycles. The smallest absolute Gasteiger partial charge is 0.160 e. The second-order valence-electron chi connectivity index (χ2n) is 12.8. The Balaban J connectivity index is 1.11. The minimum atomic E-state index is -0.471. The maximum absolute atomic E-state index is 8.88. The first-order valence-corrected chi connectivity index (χ1v) is 17.3. The lowest BCUT2D eigenvalue weighted by molar-refractivity contribution is 1.18. The SMILES string of the molecule is [2H]c1c([2H])c([2H])c2c(c1[2H])c1c([2H])c([2H])c([2H])c([2H])c1n2-c1ccc(-c2ccc(-c3cc(-c4ccc(-c5ccccc5)cc4)nc(-c4ccccc4)n3)c3ccccc23)cc1. The number of fused-ring (bicyclic) bond motifs is 4. The fraction of sp³-hybridized carbons (Fsp3) is 0. The molecule has 53 heavy (non-hydrogen) atoms. The van der Waals surface area contributed by atoms with Gasteiger partial charge in [0.1, 0.15) is 0 Å². The molecule has 0 N–H and O–H groups in total. The van der Waals surface area contributed by atoms with E-state index in [-0.39, 0.29) is 46.0 Å². The molecule has 8 aromatic carbocycles. The highest BCUT2D eigenvalue weighted by Gasteiger charge is 2.16. The van der Waals surface area contributed by atoms with Gasteiger partial charge in [-0.1, -0.05) is 170 Å². The van der Waals surface area contributed by atoms with E-state index in [1.54, 1.807) is 0 Å². The van der Waals surface area contributed by atoms with Gasteiger partial charge in [0.25, 0.3) is 0 Å². The van der Waals surface area contributed by atoms with Gasteiger partial charge in [-0.3, -0.25) is 0 Å². The van der Waals surface area contributed by atoms with Gasteiger partial charge in [0.2, 0.25) is 0 Å². The summed E-state index contributed by atoms with van der Waals surface area (Å²) in [7, 11) is 0. The highest BCUT2D eigenvalue weighted by atomic mass is 15.0. The predicted octanol–water partition coefficient (Wildman–Crippen LogP) is 13.1. The van der Waals surface area contributed by atoms with Gasteiger partial charge in [-0.15, -0.1) is 0 Å². The fourth-order valence-electron chi connectivity index (χ4n) is 7.16. The van der Waals surface area contributed by atoms with Crippen LogP contribution in [0.25, 0.3) is 94.4 Å². The maximum atomic E-state index is 8.88. The molecule has 0 fully saturated rings. The van der Waals surface area contributed by atoms with Gasteiger partial charge in [0, 0.05) is 33.2 Å². The molecule has 0 aliphatic heterocycles. The average molecular weight is 684 g/mol. The molecule has 0 radical (unpaired) electrons. The van der Waals surface area contributed by atoms with E-state index in [0.717, 1.165) is 61.1 Å². The van der Waals surface area contributed by atoms with Crippen LogP contribution in [0.5, 0.6) is 0 Å². The van der Waals surface area contributed by atoms with Crippen LogP contribution in [-0.2, 0) is 0 Å². The van der Waals surface area contributed by atoms with Crippen LogP contribution < -0.4 is 0 Å². The predicted molar refractivity (Wildman–Crippen MR) is 221 cm³/mol. The van der Waals surface area contributed by atoms with E-state index in [4.69, 9.17) is 20.9 Å². The third kappa shape index (κ3) is 5.47. The molecule has 0 saturated heterocycles. The van der Waals surface area contributed by atoms with Gasteiger partial charge in [-0.25, -0.2) is 9.97 Å². The fourth-order valence-corrected chi connectivity index (χ4v) is 7.16. The van der Waals surface area contributed by atoms with E-state index < -0.39 is 24.2 Å². The van der Waals surface area contributed by atoms with E-state index in [0.29, 0.717) is 11.5 Å². The maximum Gasteiger partial charge on any atom is 0.160 e. The Morgan fingerprint density at radius 2 is 0.868 bits per heavy atom. The van der Waals surface area contributed by atoms with Gasteiger partial charge in [-0.05, 0) is 63.3 Å². The molecule has 248 valence electrons. The van der Waals surface area contributed by atoms with Crippen LogP contribution in [-0.4, -0.2) is 14.5 Å². The van der Waals surface area contributed by atoms with Crippen molar-refractivity contribution in [1.82, 2.24) is 14.5 Å². The van der Waals surface area contributed by atoms with Gasteiger partial charge in [-0.2, -0.15) is 0 Å². The first kappa shape index (κ1) is 23.4. The van der Waals surface area contributed by atoms with Gasteiger partial charge in [0.05, 0.1) is 33.4 Å². The molecule has 0 spiro atoms. The molecule has 3 nitrogen and oxygen atoms in total. The monoisotopic (exact) mass is 683 g/mol. The van der Waals surface area contributed by atoms with Crippen LogP contribution in [0.2, 0.25) is 0 Å². The summed E-state index contributed by atoms with van der Waals surface area (Å²) in [5.41, 5.74) is 9.12. The van der Waals surface area contributed by atoms with Crippen LogP contribution in [0, 0.1) is 0 Å². The second kappa shape index (κ2) is 12.9. The van der Waals surface area contributed by atoms with Gasteiger partial charge in [0.15, 0.2) is 5.82 Å². The van der Waals surface area contributed by atoms with Crippen molar-refractivity contribution in [2.45, 2.75) is 0 Å². The quantitative estimate of drug-likeness (QED) is 0.175. The van der Waals surface area contributed by atoms with Crippen molar-refractivity contribution in [1.29, 1.82) is 0 Å². The highest BCUT2D eigenvalue weighted by Crippen LogP contribution is 2.38. The first-order chi connectivity index (χ1) is 29.6. The normalized spacial score (nSPS) is 13.5. The third-order valence-corrected chi connectivity index (χ3v) is 9.72. The summed E-state index contributed by atoms with van der Waals surface area (Å²) in [5.74, 6) is 0.615. The van der Waals surface area contributed by atoms with Gasteiger partial charge < -0.3 is 4.57 Å². The van der Waals surface area contributed by atoms with E-state index in [2.05, 4.69) is 60.7 Å². The van der Waals surface area contributed by atoms with Crippen molar-refractivity contribution in [3.05, 3.63) is 200 Å². The third-order valence-electron chi connectivity index (χ3n) is 9.72. The molecule has 0 saturated carbocycles. The minimum absolute atomic E-state index is 0.0474. The van der Waals surface area contributed by atoms with E-state index in [9.17, 15) is 0 Å². The van der Waals surface area contributed by atoms with Gasteiger partial charge >= 0.3 is 0 Å². The molecule has 10 aromatic rings. The van der Waals surface area contributed by atoms with Crippen molar-refractivity contribution in [3.8, 4) is 61.8 Å². The highest BCUT2D eigenvalue weighted by molar-refractivity contribution is 6.09. The lowest BCUT2D eigenvalue weighted by Crippen LogP contribution is -1.97. The van der Waals surface area contributed by atoms with Crippen LogP contribution in [0.4, 0.5) is 0 Å². The summed E-state index contributed by atoms with van der Waals surface area (Å²) < 4.78 is 70.5. The van der Waals surface area contributed by atoms with Crippen molar-refractivity contribution in [2.75, 3.05) is 0 Å². The summed E-state index contributed by atoms with van der Waals surface area (Å²) in [6, 6.07) is 47.2. The zero-order valence-corrected chi connectivity index (χ0v) is 28.3. The molecule has 2 aromatic heterocycles. The number of hydrogen-bond donors (Lipinski definition) is 0. The molecule has 0 unspecified atom stereocenters. The molecule has 0 aliphatic rings. The Bertz CT molecular complexity index is 3290. The number of para-hydroxylation sites is 2. The number of nitrogens with zero attached hydrogens (tertiary/aromatic N) is 3. The summed E-state index contributed by atoms with van der Waals surface area (Å²) in [4.78, 5) is 10.2. The zero-order valence-electron chi connectivity index (χ0n) is 36.3. The molecular weight excluding hydrogens is 643 g/mol.